The van der Waals surface area contributed by atoms with Crippen LogP contribution in [0.1, 0.15) is 35.6 Å². The molecule has 0 radical (unpaired) electrons. The van der Waals surface area contributed by atoms with E-state index in [1.54, 1.807) is 0 Å². The summed E-state index contributed by atoms with van der Waals surface area (Å²) in [6.45, 7) is 3.51. The molecule has 4 heteroatoms. The zero-order chi connectivity index (χ0) is 8.62. The average molecular weight is 190 g/mol. The van der Waals surface area contributed by atoms with Crippen molar-refractivity contribution in [2.45, 2.75) is 41.7 Å². The Bertz CT molecular complexity index is 61.8. The fraction of sp³-hybridized carbons (Fsp3) is 1.00. The fourth-order valence-corrected chi connectivity index (χ4v) is 0.253. The van der Waals surface area contributed by atoms with Crippen molar-refractivity contribution in [2.24, 2.45) is 0 Å². The predicted molar refractivity (Wildman–Crippen MR) is 47.4 cm³/mol. The molecule has 0 aliphatic heterocycles. The maximum atomic E-state index is 11.5. The second-order valence-electron chi connectivity index (χ2n) is 1.51. The summed E-state index contributed by atoms with van der Waals surface area (Å²) in [6, 6.07) is 0. The number of rotatable bonds is 2. The largest absolute Gasteiger partial charge is 0.352 e. The lowest BCUT2D eigenvalue weighted by Crippen LogP contribution is -2.14. The highest BCUT2D eigenvalue weighted by Gasteiger charge is 2.19. The lowest BCUT2D eigenvalue weighted by Gasteiger charge is -2.07. The molecule has 0 saturated carbocycles. The molecular weight excluding hydrogens is 169 g/mol. The van der Waals surface area contributed by atoms with Crippen LogP contribution in [0.15, 0.2) is 0 Å². The van der Waals surface area contributed by atoms with E-state index in [0.717, 1.165) is 6.92 Å². The van der Waals surface area contributed by atoms with Crippen LogP contribution >= 0.6 is 0 Å². The topological polar surface area (TPSA) is 9.23 Å². The third kappa shape index (κ3) is 53.1. The SMILES string of the molecule is C.C.CCF.CCOC(C)(F)F. The van der Waals surface area contributed by atoms with Gasteiger partial charge in [-0.05, 0) is 13.8 Å². The van der Waals surface area contributed by atoms with E-state index in [-0.39, 0.29) is 28.1 Å². The van der Waals surface area contributed by atoms with Crippen molar-refractivity contribution in [1.82, 2.24) is 0 Å². The first-order valence-corrected chi connectivity index (χ1v) is 3.05. The van der Waals surface area contributed by atoms with Crippen LogP contribution < -0.4 is 0 Å². The molecule has 0 heterocycles. The van der Waals surface area contributed by atoms with Crippen LogP contribution in [-0.4, -0.2) is 19.4 Å². The summed E-state index contributed by atoms with van der Waals surface area (Å²) in [6.07, 6.45) is -2.95. The Hall–Kier alpha value is -0.250. The summed E-state index contributed by atoms with van der Waals surface area (Å²) in [5.74, 6) is 0. The minimum absolute atomic E-state index is 0. The van der Waals surface area contributed by atoms with Crippen molar-refractivity contribution in [2.75, 3.05) is 13.3 Å². The van der Waals surface area contributed by atoms with E-state index in [1.165, 1.54) is 13.8 Å². The van der Waals surface area contributed by atoms with Gasteiger partial charge in [-0.15, -0.1) is 0 Å². The van der Waals surface area contributed by atoms with Crippen molar-refractivity contribution in [3.63, 3.8) is 0 Å². The molecular formula is C8H21F3O. The predicted octanol–water partition coefficient (Wildman–Crippen LogP) is 3.88. The van der Waals surface area contributed by atoms with Crippen molar-refractivity contribution in [1.29, 1.82) is 0 Å². The summed E-state index contributed by atoms with van der Waals surface area (Å²) >= 11 is 0. The van der Waals surface area contributed by atoms with Gasteiger partial charge in [-0.1, -0.05) is 14.9 Å². The Morgan fingerprint density at radius 2 is 1.42 bits per heavy atom. The monoisotopic (exact) mass is 190 g/mol. The summed E-state index contributed by atoms with van der Waals surface area (Å²) in [7, 11) is 0. The van der Waals surface area contributed by atoms with E-state index >= 15 is 0 Å². The first-order valence-electron chi connectivity index (χ1n) is 3.05. The molecule has 0 N–H and O–H groups in total. The number of alkyl halides is 3. The molecule has 0 amide bonds. The smallest absolute Gasteiger partial charge is 0.321 e. The van der Waals surface area contributed by atoms with E-state index in [1.807, 2.05) is 0 Å². The lowest BCUT2D eigenvalue weighted by molar-refractivity contribution is -0.220. The molecule has 0 atom stereocenters. The van der Waals surface area contributed by atoms with Crippen molar-refractivity contribution in [3.05, 3.63) is 0 Å². The van der Waals surface area contributed by atoms with Crippen molar-refractivity contribution >= 4 is 0 Å². The highest BCUT2D eigenvalue weighted by molar-refractivity contribution is 4.34. The maximum Gasteiger partial charge on any atom is 0.352 e. The normalized spacial score (nSPS) is 8.50. The van der Waals surface area contributed by atoms with Crippen LogP contribution in [0, 0.1) is 0 Å². The highest BCUT2D eigenvalue weighted by Crippen LogP contribution is 2.11. The van der Waals surface area contributed by atoms with Crippen LogP contribution in [0.3, 0.4) is 0 Å². The molecule has 0 aliphatic carbocycles. The third-order valence-electron chi connectivity index (χ3n) is 0.398. The molecule has 0 fully saturated rings. The molecule has 0 unspecified atom stereocenters. The van der Waals surface area contributed by atoms with E-state index < -0.39 is 6.11 Å². The van der Waals surface area contributed by atoms with Crippen LogP contribution in [0.2, 0.25) is 0 Å². The van der Waals surface area contributed by atoms with Crippen molar-refractivity contribution in [3.8, 4) is 0 Å². The molecule has 0 bridgehead atoms. The second kappa shape index (κ2) is 13.3. The van der Waals surface area contributed by atoms with Gasteiger partial charge in [-0.25, -0.2) is 0 Å². The van der Waals surface area contributed by atoms with E-state index in [2.05, 4.69) is 4.74 Å². The zero-order valence-corrected chi connectivity index (χ0v) is 6.46. The van der Waals surface area contributed by atoms with Gasteiger partial charge < -0.3 is 4.74 Å². The zero-order valence-electron chi connectivity index (χ0n) is 6.46. The van der Waals surface area contributed by atoms with Crippen LogP contribution in [0.4, 0.5) is 13.2 Å². The van der Waals surface area contributed by atoms with E-state index in [0.29, 0.717) is 0 Å². The molecule has 0 rings (SSSR count). The van der Waals surface area contributed by atoms with Gasteiger partial charge in [0.25, 0.3) is 0 Å². The molecule has 0 saturated heterocycles. The standard InChI is InChI=1S/C4H8F2O.C2H5F.2CH4/c1-3-7-4(2,5)6;1-2-3;;/h3H2,1-2H3;2H2,1H3;2*1H4. The minimum atomic E-state index is -2.95. The van der Waals surface area contributed by atoms with Gasteiger partial charge in [0.1, 0.15) is 0 Å². The quantitative estimate of drug-likeness (QED) is 0.642. The first kappa shape index (κ1) is 22.6. The lowest BCUT2D eigenvalue weighted by atomic mass is 10.7. The minimum Gasteiger partial charge on any atom is -0.321 e. The molecule has 0 spiro atoms. The Labute approximate surface area is 73.9 Å². The third-order valence-corrected chi connectivity index (χ3v) is 0.398. The average Bonchev–Trinajstić information content (AvgIpc) is 1.63. The summed E-state index contributed by atoms with van der Waals surface area (Å²) in [5.41, 5.74) is 0. The molecule has 1 nitrogen and oxygen atoms in total. The molecule has 0 aromatic rings. The summed E-state index contributed by atoms with van der Waals surface area (Å²) in [4.78, 5) is 0. The number of hydrogen-bond acceptors (Lipinski definition) is 1. The van der Waals surface area contributed by atoms with Gasteiger partial charge in [0.2, 0.25) is 0 Å². The molecule has 12 heavy (non-hydrogen) atoms. The number of hydrogen-bond donors (Lipinski definition) is 0. The fourth-order valence-electron chi connectivity index (χ4n) is 0.253. The van der Waals surface area contributed by atoms with E-state index in [9.17, 15) is 13.2 Å². The van der Waals surface area contributed by atoms with Crippen LogP contribution in [0.5, 0.6) is 0 Å². The van der Waals surface area contributed by atoms with Gasteiger partial charge in [-0.3, -0.25) is 4.39 Å². The highest BCUT2D eigenvalue weighted by atomic mass is 19.3. The Morgan fingerprint density at radius 3 is 1.42 bits per heavy atom. The Kier molecular flexibility index (Phi) is 25.1. The molecule has 80 valence electrons. The molecule has 0 aromatic carbocycles. The Morgan fingerprint density at radius 1 is 1.17 bits per heavy atom. The molecule has 0 aliphatic rings. The second-order valence-corrected chi connectivity index (χ2v) is 1.51. The van der Waals surface area contributed by atoms with E-state index in [4.69, 9.17) is 0 Å². The van der Waals surface area contributed by atoms with Crippen LogP contribution in [0.25, 0.3) is 0 Å². The van der Waals surface area contributed by atoms with Gasteiger partial charge in [-0.2, -0.15) is 8.78 Å². The summed E-state index contributed by atoms with van der Waals surface area (Å²) < 4.78 is 37.2. The van der Waals surface area contributed by atoms with Gasteiger partial charge in [0, 0.05) is 6.92 Å². The first-order chi connectivity index (χ1) is 4.47. The van der Waals surface area contributed by atoms with Crippen molar-refractivity contribution < 1.29 is 17.9 Å². The number of halogens is 3. The molecule has 0 aromatic heterocycles. The van der Waals surface area contributed by atoms with Gasteiger partial charge in [0.15, 0.2) is 0 Å². The van der Waals surface area contributed by atoms with Gasteiger partial charge >= 0.3 is 6.11 Å². The van der Waals surface area contributed by atoms with Gasteiger partial charge in [0.05, 0.1) is 13.3 Å². The summed E-state index contributed by atoms with van der Waals surface area (Å²) in [5, 5.41) is 0. The number of ether oxygens (including phenoxy) is 1. The maximum absolute atomic E-state index is 11.5. The Balaban J connectivity index is -0.0000000569. The van der Waals surface area contributed by atoms with Crippen LogP contribution in [-0.2, 0) is 4.74 Å².